The van der Waals surface area contributed by atoms with Crippen LogP contribution in [0.2, 0.25) is 0 Å². The highest BCUT2D eigenvalue weighted by Crippen LogP contribution is 2.29. The van der Waals surface area contributed by atoms with Gasteiger partial charge in [0.25, 0.3) is 0 Å². The average molecular weight is 419 g/mol. The first-order valence-corrected chi connectivity index (χ1v) is 9.42. The van der Waals surface area contributed by atoms with Crippen LogP contribution in [0.4, 0.5) is 13.2 Å². The number of aromatic nitrogens is 3. The van der Waals surface area contributed by atoms with Crippen LogP contribution in [-0.4, -0.2) is 20.4 Å². The zero-order chi connectivity index (χ0) is 22.0. The lowest BCUT2D eigenvalue weighted by Crippen LogP contribution is -2.09. The molecule has 0 radical (unpaired) electrons. The molecule has 0 N–H and O–H groups in total. The van der Waals surface area contributed by atoms with E-state index in [1.54, 1.807) is 48.1 Å². The number of ketones is 1. The molecule has 0 fully saturated rings. The quantitative estimate of drug-likeness (QED) is 0.351. The number of hydrogen-bond donors (Lipinski definition) is 0. The highest BCUT2D eigenvalue weighted by atomic mass is 19.4. The van der Waals surface area contributed by atoms with E-state index < -0.39 is 11.7 Å². The number of halogens is 3. The summed E-state index contributed by atoms with van der Waals surface area (Å²) in [5, 5.41) is 4.20. The first-order chi connectivity index (χ1) is 14.8. The van der Waals surface area contributed by atoms with Crippen LogP contribution in [0.25, 0.3) is 5.65 Å². The smallest absolute Gasteiger partial charge is 0.294 e. The Balaban J connectivity index is 1.59. The number of alkyl halides is 3. The summed E-state index contributed by atoms with van der Waals surface area (Å²) in [5.41, 5.74) is 2.60. The Morgan fingerprint density at radius 2 is 1.90 bits per heavy atom. The maximum absolute atomic E-state index is 12.9. The maximum Gasteiger partial charge on any atom is 0.416 e. The zero-order valence-electron chi connectivity index (χ0n) is 16.4. The first-order valence-electron chi connectivity index (χ1n) is 9.42. The number of aryl methyl sites for hydroxylation is 1. The van der Waals surface area contributed by atoms with E-state index in [1.807, 2.05) is 6.07 Å². The monoisotopic (exact) mass is 419 g/mol. The van der Waals surface area contributed by atoms with Gasteiger partial charge in [0.15, 0.2) is 11.4 Å². The minimum absolute atomic E-state index is 0.126. The van der Waals surface area contributed by atoms with E-state index in [-0.39, 0.29) is 12.2 Å². The number of nitrogens with zero attached hydrogens (tertiary/aromatic N) is 3. The number of Topliss-reactive ketones (excluding diaryl/α,β-unsaturated/α-hetero) is 1. The molecule has 0 aliphatic rings. The Hall–Kier alpha value is -3.92. The minimum atomic E-state index is -4.45. The van der Waals surface area contributed by atoms with Gasteiger partial charge in [-0.25, -0.2) is 9.50 Å². The van der Waals surface area contributed by atoms with Crippen molar-refractivity contribution in [1.82, 2.24) is 14.6 Å². The van der Waals surface area contributed by atoms with Gasteiger partial charge in [0, 0.05) is 23.7 Å². The molecule has 0 spiro atoms. The van der Waals surface area contributed by atoms with Crippen LogP contribution in [0.3, 0.4) is 0 Å². The molecule has 0 atom stereocenters. The van der Waals surface area contributed by atoms with Crippen molar-refractivity contribution in [2.24, 2.45) is 0 Å². The number of fused-ring (bicyclic) bond motifs is 1. The SMILES string of the molecule is Cc1ccc(C#Cc2cnc3cccnn23)cc1C(=O)Cc1cccc(C(F)(F)F)c1. The molecule has 2 heterocycles. The molecule has 0 aliphatic heterocycles. The summed E-state index contributed by atoms with van der Waals surface area (Å²) in [5.74, 6) is 5.73. The molecule has 0 amide bonds. The molecule has 4 aromatic rings. The molecule has 4 nitrogen and oxygen atoms in total. The second-order valence-electron chi connectivity index (χ2n) is 7.01. The summed E-state index contributed by atoms with van der Waals surface area (Å²) < 4.78 is 40.4. The molecule has 0 aliphatic carbocycles. The van der Waals surface area contributed by atoms with Crippen LogP contribution in [-0.2, 0) is 12.6 Å². The molecule has 2 aromatic carbocycles. The Kier molecular flexibility index (Phi) is 5.30. The maximum atomic E-state index is 12.9. The summed E-state index contributed by atoms with van der Waals surface area (Å²) in [6.07, 6.45) is -1.32. The lowest BCUT2D eigenvalue weighted by molar-refractivity contribution is -0.137. The van der Waals surface area contributed by atoms with Crippen LogP contribution in [0, 0.1) is 18.8 Å². The Morgan fingerprint density at radius 1 is 1.06 bits per heavy atom. The van der Waals surface area contributed by atoms with Crippen molar-refractivity contribution >= 4 is 11.4 Å². The number of carbonyl (C=O) groups is 1. The van der Waals surface area contributed by atoms with Crippen LogP contribution < -0.4 is 0 Å². The lowest BCUT2D eigenvalue weighted by Gasteiger charge is -2.09. The zero-order valence-corrected chi connectivity index (χ0v) is 16.4. The molecule has 31 heavy (non-hydrogen) atoms. The highest BCUT2D eigenvalue weighted by Gasteiger charge is 2.30. The van der Waals surface area contributed by atoms with E-state index in [0.717, 1.165) is 17.7 Å². The van der Waals surface area contributed by atoms with Gasteiger partial charge in [-0.1, -0.05) is 30.2 Å². The van der Waals surface area contributed by atoms with E-state index in [4.69, 9.17) is 0 Å². The first kappa shape index (κ1) is 20.4. The van der Waals surface area contributed by atoms with Crippen molar-refractivity contribution in [1.29, 1.82) is 0 Å². The van der Waals surface area contributed by atoms with E-state index in [1.165, 1.54) is 12.1 Å². The van der Waals surface area contributed by atoms with Crippen LogP contribution in [0.5, 0.6) is 0 Å². The van der Waals surface area contributed by atoms with Gasteiger partial charge in [-0.3, -0.25) is 4.79 Å². The standard InChI is InChI=1S/C24H16F3N3O/c1-16-7-8-17(9-10-20-15-28-23-6-3-11-29-30(20)23)13-21(16)22(31)14-18-4-2-5-19(12-18)24(25,26)27/h2-8,11-13,15H,14H2,1H3. The van der Waals surface area contributed by atoms with Gasteiger partial charge < -0.3 is 0 Å². The van der Waals surface area contributed by atoms with Crippen LogP contribution >= 0.6 is 0 Å². The molecule has 0 saturated carbocycles. The van der Waals surface area contributed by atoms with Crippen LogP contribution in [0.15, 0.2) is 67.0 Å². The average Bonchev–Trinajstić information content (AvgIpc) is 3.16. The summed E-state index contributed by atoms with van der Waals surface area (Å²) in [6.45, 7) is 1.78. The molecule has 4 rings (SSSR count). The van der Waals surface area contributed by atoms with Gasteiger partial charge in [0.2, 0.25) is 0 Å². The second kappa shape index (κ2) is 8.07. The molecule has 0 saturated heterocycles. The predicted octanol–water partition coefficient (Wildman–Crippen LogP) is 4.88. The number of carbonyl (C=O) groups excluding carboxylic acids is 1. The molecule has 7 heteroatoms. The highest BCUT2D eigenvalue weighted by molar-refractivity contribution is 5.99. The van der Waals surface area contributed by atoms with E-state index in [2.05, 4.69) is 21.9 Å². The summed E-state index contributed by atoms with van der Waals surface area (Å²) in [7, 11) is 0. The van der Waals surface area contributed by atoms with Gasteiger partial charge in [-0.05, 0) is 54.3 Å². The molecule has 154 valence electrons. The van der Waals surface area contributed by atoms with Crippen molar-refractivity contribution in [3.8, 4) is 11.8 Å². The Bertz CT molecular complexity index is 1340. The summed E-state index contributed by atoms with van der Waals surface area (Å²) in [6, 6.07) is 13.6. The van der Waals surface area contributed by atoms with Crippen LogP contribution in [0.1, 0.15) is 38.3 Å². The van der Waals surface area contributed by atoms with E-state index >= 15 is 0 Å². The van der Waals surface area contributed by atoms with Gasteiger partial charge in [0.05, 0.1) is 11.8 Å². The number of rotatable bonds is 3. The van der Waals surface area contributed by atoms with E-state index in [9.17, 15) is 18.0 Å². The summed E-state index contributed by atoms with van der Waals surface area (Å²) in [4.78, 5) is 17.0. The Morgan fingerprint density at radius 3 is 2.71 bits per heavy atom. The van der Waals surface area contributed by atoms with Crippen molar-refractivity contribution in [3.63, 3.8) is 0 Å². The largest absolute Gasteiger partial charge is 0.416 e. The third-order valence-electron chi connectivity index (χ3n) is 4.77. The fourth-order valence-corrected chi connectivity index (χ4v) is 3.19. The second-order valence-corrected chi connectivity index (χ2v) is 7.01. The van der Waals surface area contributed by atoms with Crippen molar-refractivity contribution in [3.05, 3.63) is 101 Å². The predicted molar refractivity (Wildman–Crippen MR) is 110 cm³/mol. The number of benzene rings is 2. The summed E-state index contributed by atoms with van der Waals surface area (Å²) >= 11 is 0. The van der Waals surface area contributed by atoms with Gasteiger partial charge in [0.1, 0.15) is 5.69 Å². The molecule has 0 bridgehead atoms. The van der Waals surface area contributed by atoms with Gasteiger partial charge in [-0.2, -0.15) is 18.3 Å². The minimum Gasteiger partial charge on any atom is -0.294 e. The molecule has 0 unspecified atom stereocenters. The van der Waals surface area contributed by atoms with Gasteiger partial charge >= 0.3 is 6.18 Å². The van der Waals surface area contributed by atoms with Crippen molar-refractivity contribution < 1.29 is 18.0 Å². The van der Waals surface area contributed by atoms with Crippen molar-refractivity contribution in [2.75, 3.05) is 0 Å². The molecular weight excluding hydrogens is 403 g/mol. The fraction of sp³-hybridized carbons (Fsp3) is 0.125. The van der Waals surface area contributed by atoms with Gasteiger partial charge in [-0.15, -0.1) is 0 Å². The molecule has 2 aromatic heterocycles. The van der Waals surface area contributed by atoms with E-state index in [0.29, 0.717) is 28.0 Å². The normalized spacial score (nSPS) is 11.2. The Labute approximate surface area is 176 Å². The lowest BCUT2D eigenvalue weighted by atomic mass is 9.96. The topological polar surface area (TPSA) is 47.3 Å². The molecular formula is C24H16F3N3O. The fourth-order valence-electron chi connectivity index (χ4n) is 3.19. The number of hydrogen-bond acceptors (Lipinski definition) is 3. The number of imidazole rings is 1. The van der Waals surface area contributed by atoms with Crippen molar-refractivity contribution in [2.45, 2.75) is 19.5 Å². The third-order valence-corrected chi connectivity index (χ3v) is 4.77. The third kappa shape index (κ3) is 4.48.